The average molecular weight is 558 g/mol. The van der Waals surface area contributed by atoms with Crippen molar-refractivity contribution in [1.29, 1.82) is 0 Å². The molecule has 38 heavy (non-hydrogen) atoms. The number of carbonyl (C=O) groups excluding carboxylic acids is 2. The molecule has 1 saturated heterocycles. The van der Waals surface area contributed by atoms with Crippen LogP contribution in [-0.2, 0) is 4.79 Å². The van der Waals surface area contributed by atoms with Crippen LogP contribution in [0, 0.1) is 0 Å². The van der Waals surface area contributed by atoms with Crippen molar-refractivity contribution < 1.29 is 19.1 Å². The summed E-state index contributed by atoms with van der Waals surface area (Å²) in [6.45, 7) is 3.51. The quantitative estimate of drug-likeness (QED) is 0.382. The zero-order valence-electron chi connectivity index (χ0n) is 20.8. The Bertz CT molecular complexity index is 1310. The first kappa shape index (κ1) is 26.0. The molecule has 0 spiro atoms. The summed E-state index contributed by atoms with van der Waals surface area (Å²) in [5.41, 5.74) is 2.00. The van der Waals surface area contributed by atoms with E-state index < -0.39 is 6.09 Å². The highest BCUT2D eigenvalue weighted by atomic mass is 35.5. The second-order valence-electron chi connectivity index (χ2n) is 8.81. The van der Waals surface area contributed by atoms with Crippen LogP contribution < -0.4 is 30.3 Å². The Labute approximate surface area is 229 Å². The molecule has 5 rings (SSSR count). The van der Waals surface area contributed by atoms with Crippen LogP contribution in [0.1, 0.15) is 19.3 Å². The van der Waals surface area contributed by atoms with Gasteiger partial charge in [0.2, 0.25) is 16.9 Å². The molecule has 0 unspecified atom stereocenters. The number of hydrogen-bond acceptors (Lipinski definition) is 10. The number of rotatable bonds is 7. The molecule has 200 valence electrons. The summed E-state index contributed by atoms with van der Waals surface area (Å²) < 4.78 is 11.2. The standard InChI is InChI=1S/C25H28ClN7O4S/c1-27-25(35)37-23-18(7-12-38-23)30-22-17(26)14-28-24(31-22)29-16-5-6-19-20(13-16)36-11-4-10-33(19)21(34)15-32-8-2-3-9-32/h5-7,12-14H,2-4,8-11,15H2,1H3,(H,27,35)(H2,28,29,30,31). The zero-order chi connectivity index (χ0) is 26.5. The summed E-state index contributed by atoms with van der Waals surface area (Å²) in [5.74, 6) is 1.36. The van der Waals surface area contributed by atoms with Gasteiger partial charge in [0.25, 0.3) is 0 Å². The van der Waals surface area contributed by atoms with Crippen molar-refractivity contribution in [2.24, 2.45) is 0 Å². The molecular formula is C25H28ClN7O4S. The Kier molecular flexibility index (Phi) is 8.11. The van der Waals surface area contributed by atoms with E-state index in [1.54, 1.807) is 11.4 Å². The van der Waals surface area contributed by atoms with Gasteiger partial charge in [0.15, 0.2) is 5.82 Å². The number of anilines is 5. The maximum absolute atomic E-state index is 13.1. The Hall–Kier alpha value is -3.61. The van der Waals surface area contributed by atoms with Gasteiger partial charge < -0.3 is 30.3 Å². The van der Waals surface area contributed by atoms with Gasteiger partial charge >= 0.3 is 6.09 Å². The Morgan fingerprint density at radius 1 is 1.16 bits per heavy atom. The van der Waals surface area contributed by atoms with Crippen LogP contribution in [0.4, 0.5) is 33.6 Å². The fourth-order valence-electron chi connectivity index (χ4n) is 4.31. The van der Waals surface area contributed by atoms with Gasteiger partial charge in [0.05, 0.1) is 30.7 Å². The molecule has 0 aliphatic carbocycles. The summed E-state index contributed by atoms with van der Waals surface area (Å²) >= 11 is 7.59. The molecule has 4 heterocycles. The minimum absolute atomic E-state index is 0.0873. The van der Waals surface area contributed by atoms with E-state index >= 15 is 0 Å². The molecule has 1 aromatic carbocycles. The third kappa shape index (κ3) is 6.09. The number of benzene rings is 1. The highest BCUT2D eigenvalue weighted by molar-refractivity contribution is 7.12. The van der Waals surface area contributed by atoms with Crippen molar-refractivity contribution in [2.75, 3.05) is 55.4 Å². The molecule has 0 radical (unpaired) electrons. The van der Waals surface area contributed by atoms with E-state index in [4.69, 9.17) is 21.1 Å². The first-order valence-electron chi connectivity index (χ1n) is 12.3. The van der Waals surface area contributed by atoms with E-state index in [9.17, 15) is 9.59 Å². The van der Waals surface area contributed by atoms with E-state index in [1.165, 1.54) is 24.6 Å². The van der Waals surface area contributed by atoms with Crippen molar-refractivity contribution >= 4 is 63.8 Å². The lowest BCUT2D eigenvalue weighted by molar-refractivity contribution is -0.119. The lowest BCUT2D eigenvalue weighted by Gasteiger charge is -2.25. The monoisotopic (exact) mass is 557 g/mol. The Morgan fingerprint density at radius 3 is 2.82 bits per heavy atom. The van der Waals surface area contributed by atoms with Crippen LogP contribution in [0.5, 0.6) is 10.8 Å². The number of likely N-dealkylation sites (tertiary alicyclic amines) is 1. The SMILES string of the molecule is CNC(=O)Oc1sccc1Nc1nc(Nc2ccc3c(c2)OCCCN3C(=O)CN2CCCC2)ncc1Cl. The van der Waals surface area contributed by atoms with Gasteiger partial charge in [0.1, 0.15) is 10.8 Å². The maximum Gasteiger partial charge on any atom is 0.413 e. The molecule has 2 aliphatic rings. The number of nitrogens with zero attached hydrogens (tertiary/aromatic N) is 4. The molecule has 11 nitrogen and oxygen atoms in total. The van der Waals surface area contributed by atoms with Crippen molar-refractivity contribution in [3.8, 4) is 10.8 Å². The molecule has 2 aliphatic heterocycles. The number of fused-ring (bicyclic) bond motifs is 1. The lowest BCUT2D eigenvalue weighted by Crippen LogP contribution is -2.39. The van der Waals surface area contributed by atoms with E-state index in [-0.39, 0.29) is 5.91 Å². The summed E-state index contributed by atoms with van der Waals surface area (Å²) in [6.07, 6.45) is 3.94. The Morgan fingerprint density at radius 2 is 2.00 bits per heavy atom. The lowest BCUT2D eigenvalue weighted by atomic mass is 10.2. The highest BCUT2D eigenvalue weighted by Crippen LogP contribution is 2.37. The van der Waals surface area contributed by atoms with Crippen molar-refractivity contribution in [1.82, 2.24) is 20.2 Å². The molecule has 2 aromatic heterocycles. The third-order valence-electron chi connectivity index (χ3n) is 6.17. The van der Waals surface area contributed by atoms with Gasteiger partial charge in [-0.05, 0) is 55.9 Å². The smallest absolute Gasteiger partial charge is 0.413 e. The molecule has 13 heteroatoms. The molecule has 3 aromatic rings. The molecule has 0 bridgehead atoms. The minimum atomic E-state index is -0.576. The largest absolute Gasteiger partial charge is 0.491 e. The van der Waals surface area contributed by atoms with Gasteiger partial charge in [0, 0.05) is 25.3 Å². The summed E-state index contributed by atoms with van der Waals surface area (Å²) in [6, 6.07) is 7.35. The van der Waals surface area contributed by atoms with Crippen LogP contribution >= 0.6 is 22.9 Å². The minimum Gasteiger partial charge on any atom is -0.491 e. The summed E-state index contributed by atoms with van der Waals surface area (Å²) in [7, 11) is 1.49. The number of ether oxygens (including phenoxy) is 2. The molecular weight excluding hydrogens is 530 g/mol. The molecule has 0 saturated carbocycles. The van der Waals surface area contributed by atoms with E-state index in [0.29, 0.717) is 58.7 Å². The number of nitrogens with one attached hydrogen (secondary N) is 3. The summed E-state index contributed by atoms with van der Waals surface area (Å²) in [4.78, 5) is 37.5. The first-order valence-corrected chi connectivity index (χ1v) is 13.6. The molecule has 2 amide bonds. The second-order valence-corrected chi connectivity index (χ2v) is 10.1. The predicted octanol–water partition coefficient (Wildman–Crippen LogP) is 4.61. The van der Waals surface area contributed by atoms with Gasteiger partial charge in [-0.2, -0.15) is 4.98 Å². The Balaban J connectivity index is 1.31. The van der Waals surface area contributed by atoms with E-state index in [0.717, 1.165) is 38.0 Å². The van der Waals surface area contributed by atoms with Crippen LogP contribution in [0.3, 0.4) is 0 Å². The topological polar surface area (TPSA) is 121 Å². The number of aromatic nitrogens is 2. The van der Waals surface area contributed by atoms with E-state index in [1.807, 2.05) is 23.1 Å². The number of halogens is 1. The fraction of sp³-hybridized carbons (Fsp3) is 0.360. The van der Waals surface area contributed by atoms with Gasteiger partial charge in [-0.15, -0.1) is 11.3 Å². The zero-order valence-corrected chi connectivity index (χ0v) is 22.4. The van der Waals surface area contributed by atoms with Crippen molar-refractivity contribution in [3.63, 3.8) is 0 Å². The molecule has 0 atom stereocenters. The van der Waals surface area contributed by atoms with Crippen LogP contribution in [0.25, 0.3) is 0 Å². The van der Waals surface area contributed by atoms with Crippen LogP contribution in [0.2, 0.25) is 5.02 Å². The molecule has 1 fully saturated rings. The van der Waals surface area contributed by atoms with Crippen molar-refractivity contribution in [3.05, 3.63) is 40.9 Å². The summed E-state index contributed by atoms with van der Waals surface area (Å²) in [5, 5.41) is 11.1. The van der Waals surface area contributed by atoms with Gasteiger partial charge in [-0.25, -0.2) is 9.78 Å². The van der Waals surface area contributed by atoms with Crippen molar-refractivity contribution in [2.45, 2.75) is 19.3 Å². The van der Waals surface area contributed by atoms with E-state index in [2.05, 4.69) is 30.8 Å². The van der Waals surface area contributed by atoms with Crippen LogP contribution in [-0.4, -0.2) is 66.7 Å². The third-order valence-corrected chi connectivity index (χ3v) is 7.23. The number of carbonyl (C=O) groups is 2. The number of thiophene rings is 1. The average Bonchev–Trinajstić information content (AvgIpc) is 3.53. The maximum atomic E-state index is 13.1. The van der Waals surface area contributed by atoms with Gasteiger partial charge in [-0.3, -0.25) is 9.69 Å². The highest BCUT2D eigenvalue weighted by Gasteiger charge is 2.25. The molecule has 3 N–H and O–H groups in total. The fourth-order valence-corrected chi connectivity index (χ4v) is 5.14. The number of amides is 2. The number of hydrogen-bond donors (Lipinski definition) is 3. The second kappa shape index (κ2) is 11.8. The van der Waals surface area contributed by atoms with Gasteiger partial charge in [-0.1, -0.05) is 11.6 Å². The first-order chi connectivity index (χ1) is 18.5. The normalized spacial score (nSPS) is 15.3. The van der Waals surface area contributed by atoms with Crippen LogP contribution in [0.15, 0.2) is 35.8 Å². The predicted molar refractivity (Wildman–Crippen MR) is 148 cm³/mol.